The lowest BCUT2D eigenvalue weighted by Crippen LogP contribution is -2.43. The van der Waals surface area contributed by atoms with Gasteiger partial charge in [0, 0.05) is 37.3 Å². The molecule has 6 aromatic rings. The van der Waals surface area contributed by atoms with Gasteiger partial charge >= 0.3 is 0 Å². The third kappa shape index (κ3) is 8.45. The number of nitrogens with one attached hydrogen (secondary N) is 2. The fraction of sp³-hybridized carbons (Fsp3) is 0.320. The van der Waals surface area contributed by atoms with E-state index in [4.69, 9.17) is 9.97 Å². The second-order valence-corrected chi connectivity index (χ2v) is 19.0. The molecule has 0 bridgehead atoms. The van der Waals surface area contributed by atoms with Crippen molar-refractivity contribution in [1.82, 2.24) is 30.4 Å². The zero-order valence-corrected chi connectivity index (χ0v) is 36.0. The lowest BCUT2D eigenvalue weighted by Gasteiger charge is -2.28. The average molecular weight is 861 g/mol. The van der Waals surface area contributed by atoms with Gasteiger partial charge in [-0.3, -0.25) is 19.2 Å². The SMILES string of the molecule is O=C(NC(C(=O)N1CCC[C@@H]1c1ncc(-c2ccc(-c3ccc(-c4cnc([C@H]5CCCN5C(=O)[C@H](NC(=O)C5CC5)c5ccccc5)s4)cc3)cc2)s1)c1ccccc1)C1CC1. The van der Waals surface area contributed by atoms with Crippen LogP contribution in [0.3, 0.4) is 0 Å². The van der Waals surface area contributed by atoms with E-state index in [1.165, 1.54) is 0 Å². The minimum absolute atomic E-state index is 0.0108. The minimum Gasteiger partial charge on any atom is -0.340 e. The van der Waals surface area contributed by atoms with E-state index in [2.05, 4.69) is 59.2 Å². The molecule has 2 aromatic heterocycles. The highest BCUT2D eigenvalue weighted by molar-refractivity contribution is 7.15. The van der Waals surface area contributed by atoms with Gasteiger partial charge in [-0.15, -0.1) is 22.7 Å². The molecule has 4 fully saturated rings. The van der Waals surface area contributed by atoms with Crippen molar-refractivity contribution in [3.8, 4) is 32.0 Å². The van der Waals surface area contributed by atoms with Crippen molar-refractivity contribution in [2.75, 3.05) is 13.1 Å². The van der Waals surface area contributed by atoms with Gasteiger partial charge in [-0.25, -0.2) is 9.97 Å². The third-order valence-electron chi connectivity index (χ3n) is 12.6. The molecule has 314 valence electrons. The van der Waals surface area contributed by atoms with Crippen LogP contribution in [0.25, 0.3) is 32.0 Å². The Morgan fingerprint density at radius 2 is 0.871 bits per heavy atom. The van der Waals surface area contributed by atoms with E-state index < -0.39 is 12.1 Å². The smallest absolute Gasteiger partial charge is 0.250 e. The topological polar surface area (TPSA) is 125 Å². The Labute approximate surface area is 369 Å². The maximum Gasteiger partial charge on any atom is 0.250 e. The molecule has 0 spiro atoms. The molecule has 12 heteroatoms. The van der Waals surface area contributed by atoms with Crippen molar-refractivity contribution in [2.24, 2.45) is 11.8 Å². The maximum atomic E-state index is 14.1. The normalized spacial score (nSPS) is 19.5. The van der Waals surface area contributed by atoms with Crippen LogP contribution in [0.1, 0.15) is 96.7 Å². The van der Waals surface area contributed by atoms with Gasteiger partial charge in [0.25, 0.3) is 0 Å². The van der Waals surface area contributed by atoms with Crippen LogP contribution in [-0.4, -0.2) is 56.5 Å². The van der Waals surface area contributed by atoms with E-state index >= 15 is 0 Å². The van der Waals surface area contributed by atoms with Crippen molar-refractivity contribution in [1.29, 1.82) is 0 Å². The summed E-state index contributed by atoms with van der Waals surface area (Å²) in [6.45, 7) is 1.27. The highest BCUT2D eigenvalue weighted by atomic mass is 32.1. The first-order valence-corrected chi connectivity index (χ1v) is 23.5. The highest BCUT2D eigenvalue weighted by Gasteiger charge is 2.41. The van der Waals surface area contributed by atoms with Gasteiger partial charge in [-0.05, 0) is 84.7 Å². The van der Waals surface area contributed by atoms with Crippen molar-refractivity contribution in [3.05, 3.63) is 143 Å². The molecule has 4 amide bonds. The predicted octanol–water partition coefficient (Wildman–Crippen LogP) is 9.46. The Balaban J connectivity index is 0.797. The zero-order chi connectivity index (χ0) is 42.2. The van der Waals surface area contributed by atoms with E-state index in [-0.39, 0.29) is 47.5 Å². The lowest BCUT2D eigenvalue weighted by atomic mass is 10.0. The van der Waals surface area contributed by atoms with Crippen LogP contribution in [0.4, 0.5) is 0 Å². The summed E-state index contributed by atoms with van der Waals surface area (Å²) in [5.74, 6) is -0.215. The highest BCUT2D eigenvalue weighted by Crippen LogP contribution is 2.42. The van der Waals surface area contributed by atoms with Crippen molar-refractivity contribution < 1.29 is 19.2 Å². The van der Waals surface area contributed by atoms with Gasteiger partial charge in [0.15, 0.2) is 0 Å². The molecule has 4 aliphatic rings. The van der Waals surface area contributed by atoms with Crippen LogP contribution < -0.4 is 10.6 Å². The first kappa shape index (κ1) is 40.1. The second kappa shape index (κ2) is 17.4. The summed E-state index contributed by atoms with van der Waals surface area (Å²) in [4.78, 5) is 69.5. The summed E-state index contributed by atoms with van der Waals surface area (Å²) < 4.78 is 0. The average Bonchev–Trinajstić information content (AvgIpc) is 4.07. The van der Waals surface area contributed by atoms with Crippen LogP contribution >= 0.6 is 22.7 Å². The molecular weight excluding hydrogens is 813 g/mol. The number of aromatic nitrogens is 2. The van der Waals surface area contributed by atoms with Crippen LogP contribution in [0.2, 0.25) is 0 Å². The fourth-order valence-corrected chi connectivity index (χ4v) is 10.9. The van der Waals surface area contributed by atoms with Crippen LogP contribution in [0.5, 0.6) is 0 Å². The number of amides is 4. The molecule has 62 heavy (non-hydrogen) atoms. The van der Waals surface area contributed by atoms with E-state index in [0.29, 0.717) is 13.1 Å². The van der Waals surface area contributed by atoms with Gasteiger partial charge in [0.2, 0.25) is 23.6 Å². The molecular formula is C50H48N6O4S2. The van der Waals surface area contributed by atoms with Crippen LogP contribution in [0, 0.1) is 11.8 Å². The second-order valence-electron chi connectivity index (χ2n) is 16.9. The molecule has 0 radical (unpaired) electrons. The Hall–Kier alpha value is -5.98. The maximum absolute atomic E-state index is 14.1. The van der Waals surface area contributed by atoms with E-state index in [9.17, 15) is 19.2 Å². The summed E-state index contributed by atoms with van der Waals surface area (Å²) in [6.07, 6.45) is 10.8. The predicted molar refractivity (Wildman–Crippen MR) is 242 cm³/mol. The molecule has 10 rings (SSSR count). The first-order valence-electron chi connectivity index (χ1n) is 21.8. The molecule has 2 aliphatic heterocycles. The number of likely N-dealkylation sites (tertiary alicyclic amines) is 2. The van der Waals surface area contributed by atoms with Crippen molar-refractivity contribution in [3.63, 3.8) is 0 Å². The van der Waals surface area contributed by atoms with Gasteiger partial charge in [-0.2, -0.15) is 0 Å². The Kier molecular flexibility index (Phi) is 11.3. The molecule has 2 N–H and O–H groups in total. The van der Waals surface area contributed by atoms with E-state index in [1.807, 2.05) is 82.9 Å². The molecule has 10 nitrogen and oxygen atoms in total. The Bertz CT molecular complexity index is 2390. The number of rotatable bonds is 13. The van der Waals surface area contributed by atoms with Crippen molar-refractivity contribution >= 4 is 46.3 Å². The Morgan fingerprint density at radius 1 is 0.500 bits per heavy atom. The number of carbonyl (C=O) groups is 4. The summed E-state index contributed by atoms with van der Waals surface area (Å²) in [6, 6.07) is 34.5. The van der Waals surface area contributed by atoms with E-state index in [0.717, 1.165) is 105 Å². The largest absolute Gasteiger partial charge is 0.340 e. The van der Waals surface area contributed by atoms with Gasteiger partial charge < -0.3 is 20.4 Å². The number of benzene rings is 4. The molecule has 2 saturated carbocycles. The number of hydrogen-bond donors (Lipinski definition) is 2. The number of nitrogens with zero attached hydrogens (tertiary/aromatic N) is 4. The molecule has 2 aliphatic carbocycles. The summed E-state index contributed by atoms with van der Waals surface area (Å²) >= 11 is 3.25. The molecule has 2 saturated heterocycles. The summed E-state index contributed by atoms with van der Waals surface area (Å²) in [5.41, 5.74) is 5.95. The van der Waals surface area contributed by atoms with Gasteiger partial charge in [-0.1, -0.05) is 109 Å². The number of hydrogen-bond acceptors (Lipinski definition) is 8. The monoisotopic (exact) mass is 860 g/mol. The Morgan fingerprint density at radius 3 is 1.24 bits per heavy atom. The molecule has 4 heterocycles. The third-order valence-corrected chi connectivity index (χ3v) is 14.9. The fourth-order valence-electron chi connectivity index (χ4n) is 8.79. The first-order chi connectivity index (χ1) is 30.4. The molecule has 4 atom stereocenters. The summed E-state index contributed by atoms with van der Waals surface area (Å²) in [7, 11) is 0. The number of thiazole rings is 2. The standard InChI is InChI=1S/C50H48N6O4S2/c57-45(37-23-24-37)53-43(35-9-3-1-4-10-35)49(59)55-27-7-13-39(55)47-51-29-41(61-47)33-19-15-31(16-20-33)32-17-21-34(22-18-32)42-30-52-48(62-42)40-14-8-28-56(40)50(60)44(36-11-5-2-6-12-36)54-46(58)38-25-26-38/h1-6,9-12,15-22,29-30,37-40,43-44H,7-8,13-14,23-28H2,(H,53,57)(H,54,58)/t39-,40-,43-,44?/m1/s1. The van der Waals surface area contributed by atoms with Crippen LogP contribution in [-0.2, 0) is 19.2 Å². The zero-order valence-electron chi connectivity index (χ0n) is 34.3. The van der Waals surface area contributed by atoms with Crippen molar-refractivity contribution in [2.45, 2.75) is 75.5 Å². The summed E-state index contributed by atoms with van der Waals surface area (Å²) in [5, 5.41) is 7.96. The minimum atomic E-state index is -0.711. The molecule has 4 aromatic carbocycles. The van der Waals surface area contributed by atoms with Gasteiger partial charge in [0.1, 0.15) is 22.1 Å². The molecule has 1 unspecified atom stereocenters. The van der Waals surface area contributed by atoms with Gasteiger partial charge in [0.05, 0.1) is 21.8 Å². The quantitative estimate of drug-likeness (QED) is 0.119. The lowest BCUT2D eigenvalue weighted by molar-refractivity contribution is -0.138. The van der Waals surface area contributed by atoms with Crippen LogP contribution in [0.15, 0.2) is 122 Å². The number of carbonyl (C=O) groups excluding carboxylic acids is 4. The van der Waals surface area contributed by atoms with E-state index in [1.54, 1.807) is 22.7 Å².